The van der Waals surface area contributed by atoms with Gasteiger partial charge in [-0.05, 0) is 35.3 Å². The van der Waals surface area contributed by atoms with Crippen LogP contribution in [0.1, 0.15) is 37.5 Å². The molecule has 3 rings (SSSR count). The van der Waals surface area contributed by atoms with E-state index in [1.165, 1.54) is 5.56 Å². The summed E-state index contributed by atoms with van der Waals surface area (Å²) >= 11 is 0. The molecule has 1 heterocycles. The summed E-state index contributed by atoms with van der Waals surface area (Å²) in [5, 5.41) is 0. The van der Waals surface area contributed by atoms with Crippen LogP contribution in [0, 0.1) is 0 Å². The first-order valence-corrected chi connectivity index (χ1v) is 8.68. The van der Waals surface area contributed by atoms with Crippen molar-refractivity contribution in [3.8, 4) is 11.5 Å². The fourth-order valence-electron chi connectivity index (χ4n) is 2.82. The van der Waals surface area contributed by atoms with Gasteiger partial charge in [0.2, 0.25) is 5.90 Å². The lowest BCUT2D eigenvalue weighted by Crippen LogP contribution is -2.11. The molecule has 0 aromatic heterocycles. The van der Waals surface area contributed by atoms with E-state index in [1.54, 1.807) is 26.4 Å². The highest BCUT2D eigenvalue weighted by Gasteiger charge is 2.25. The lowest BCUT2D eigenvalue weighted by atomic mass is 9.87. The van der Waals surface area contributed by atoms with Crippen LogP contribution in [-0.4, -0.2) is 26.1 Å². The van der Waals surface area contributed by atoms with E-state index in [9.17, 15) is 4.79 Å². The van der Waals surface area contributed by atoms with Gasteiger partial charge in [0.15, 0.2) is 17.2 Å². The smallest absolute Gasteiger partial charge is 0.363 e. The van der Waals surface area contributed by atoms with Crippen LogP contribution in [0.5, 0.6) is 11.5 Å². The molecule has 0 saturated carbocycles. The normalized spacial score (nSPS) is 15.5. The summed E-state index contributed by atoms with van der Waals surface area (Å²) in [6, 6.07) is 13.3. The number of methoxy groups -OCH3 is 2. The van der Waals surface area contributed by atoms with Crippen LogP contribution in [-0.2, 0) is 14.9 Å². The fraction of sp³-hybridized carbons (Fsp3) is 0.273. The average Bonchev–Trinajstić information content (AvgIpc) is 3.01. The lowest BCUT2D eigenvalue weighted by Gasteiger charge is -2.18. The van der Waals surface area contributed by atoms with E-state index in [4.69, 9.17) is 14.2 Å². The standard InChI is InChI=1S/C22H23NO4/c1-22(2,3)16-11-9-14(10-12-16)20-23-17(21(24)27-20)13-15-7-6-8-18(25-4)19(15)26-5/h6-13H,1-5H3. The average molecular weight is 365 g/mol. The molecular weight excluding hydrogens is 342 g/mol. The van der Waals surface area contributed by atoms with E-state index >= 15 is 0 Å². The number of carbonyl (C=O) groups is 1. The fourth-order valence-corrected chi connectivity index (χ4v) is 2.82. The molecule has 0 bridgehead atoms. The summed E-state index contributed by atoms with van der Waals surface area (Å²) in [6.07, 6.45) is 1.64. The molecule has 5 nitrogen and oxygen atoms in total. The number of ether oxygens (including phenoxy) is 3. The SMILES string of the molecule is COc1cccc(C=C2N=C(c3ccc(C(C)(C)C)cc3)OC2=O)c1OC. The maximum atomic E-state index is 12.3. The van der Waals surface area contributed by atoms with Gasteiger partial charge in [-0.15, -0.1) is 0 Å². The van der Waals surface area contributed by atoms with Crippen LogP contribution in [0.3, 0.4) is 0 Å². The Labute approximate surface area is 159 Å². The third-order valence-corrected chi connectivity index (χ3v) is 4.34. The minimum atomic E-state index is -0.491. The molecule has 140 valence electrons. The molecule has 0 unspecified atom stereocenters. The molecule has 27 heavy (non-hydrogen) atoms. The van der Waals surface area contributed by atoms with Crippen LogP contribution >= 0.6 is 0 Å². The molecule has 5 heteroatoms. The van der Waals surface area contributed by atoms with E-state index in [0.717, 1.165) is 5.56 Å². The summed E-state index contributed by atoms with van der Waals surface area (Å²) in [7, 11) is 3.12. The Kier molecular flexibility index (Phi) is 5.04. The molecule has 0 radical (unpaired) electrons. The molecular formula is C22H23NO4. The number of hydrogen-bond donors (Lipinski definition) is 0. The Morgan fingerprint density at radius 1 is 1.00 bits per heavy atom. The van der Waals surface area contributed by atoms with Crippen molar-refractivity contribution in [3.63, 3.8) is 0 Å². The van der Waals surface area contributed by atoms with Crippen LogP contribution in [0.25, 0.3) is 6.08 Å². The van der Waals surface area contributed by atoms with Crippen LogP contribution in [0.15, 0.2) is 53.2 Å². The number of carbonyl (C=O) groups excluding carboxylic acids is 1. The van der Waals surface area contributed by atoms with Crippen molar-refractivity contribution < 1.29 is 19.0 Å². The van der Waals surface area contributed by atoms with Crippen molar-refractivity contribution in [2.75, 3.05) is 14.2 Å². The van der Waals surface area contributed by atoms with Crippen LogP contribution in [0.2, 0.25) is 0 Å². The summed E-state index contributed by atoms with van der Waals surface area (Å²) in [4.78, 5) is 16.6. The Bertz CT molecular complexity index is 918. The third kappa shape index (κ3) is 3.87. The second kappa shape index (κ2) is 7.27. The van der Waals surface area contributed by atoms with Crippen molar-refractivity contribution in [1.82, 2.24) is 0 Å². The number of benzene rings is 2. The summed E-state index contributed by atoms with van der Waals surface area (Å²) in [5.41, 5.74) is 2.93. The van der Waals surface area contributed by atoms with Crippen LogP contribution < -0.4 is 9.47 Å². The molecule has 0 spiro atoms. The topological polar surface area (TPSA) is 57.1 Å². The zero-order valence-electron chi connectivity index (χ0n) is 16.2. The van der Waals surface area contributed by atoms with Gasteiger partial charge in [-0.2, -0.15) is 0 Å². The molecule has 1 aliphatic heterocycles. The number of esters is 1. The molecule has 0 atom stereocenters. The molecule has 0 saturated heterocycles. The first-order chi connectivity index (χ1) is 12.8. The number of nitrogens with zero attached hydrogens (tertiary/aromatic N) is 1. The van der Waals surface area contributed by atoms with Gasteiger partial charge in [-0.25, -0.2) is 9.79 Å². The van der Waals surface area contributed by atoms with Gasteiger partial charge in [0, 0.05) is 11.1 Å². The van der Waals surface area contributed by atoms with Crippen molar-refractivity contribution in [3.05, 3.63) is 64.9 Å². The molecule has 0 amide bonds. The molecule has 1 aliphatic rings. The lowest BCUT2D eigenvalue weighted by molar-refractivity contribution is -0.129. The minimum Gasteiger partial charge on any atom is -0.493 e. The van der Waals surface area contributed by atoms with Crippen molar-refractivity contribution in [2.24, 2.45) is 4.99 Å². The second-order valence-corrected chi connectivity index (χ2v) is 7.25. The zero-order chi connectivity index (χ0) is 19.6. The molecule has 0 N–H and O–H groups in total. The van der Waals surface area contributed by atoms with E-state index in [-0.39, 0.29) is 11.1 Å². The van der Waals surface area contributed by atoms with Gasteiger partial charge in [-0.3, -0.25) is 0 Å². The molecule has 0 fully saturated rings. The quantitative estimate of drug-likeness (QED) is 0.597. The molecule has 2 aromatic rings. The second-order valence-electron chi connectivity index (χ2n) is 7.25. The van der Waals surface area contributed by atoms with E-state index in [2.05, 4.69) is 25.8 Å². The number of hydrogen-bond acceptors (Lipinski definition) is 5. The maximum absolute atomic E-state index is 12.3. The summed E-state index contributed by atoms with van der Waals surface area (Å²) in [5.74, 6) is 0.932. The first-order valence-electron chi connectivity index (χ1n) is 8.68. The van der Waals surface area contributed by atoms with E-state index in [1.807, 2.05) is 36.4 Å². The Morgan fingerprint density at radius 3 is 2.30 bits per heavy atom. The minimum absolute atomic E-state index is 0.0562. The predicted octanol–water partition coefficient (Wildman–Crippen LogP) is 4.35. The van der Waals surface area contributed by atoms with Crippen molar-refractivity contribution in [2.45, 2.75) is 26.2 Å². The van der Waals surface area contributed by atoms with Gasteiger partial charge in [0.1, 0.15) is 0 Å². The molecule has 0 aliphatic carbocycles. The van der Waals surface area contributed by atoms with Crippen LogP contribution in [0.4, 0.5) is 0 Å². The highest BCUT2D eigenvalue weighted by molar-refractivity contribution is 6.13. The van der Waals surface area contributed by atoms with Gasteiger partial charge in [0.05, 0.1) is 14.2 Å². The number of aliphatic imine (C=N–C) groups is 1. The van der Waals surface area contributed by atoms with E-state index < -0.39 is 5.97 Å². The van der Waals surface area contributed by atoms with Crippen molar-refractivity contribution >= 4 is 17.9 Å². The number of para-hydroxylation sites is 1. The number of cyclic esters (lactones) is 1. The monoisotopic (exact) mass is 365 g/mol. The Morgan fingerprint density at radius 2 is 1.70 bits per heavy atom. The van der Waals surface area contributed by atoms with E-state index in [0.29, 0.717) is 23.0 Å². The van der Waals surface area contributed by atoms with Crippen molar-refractivity contribution in [1.29, 1.82) is 0 Å². The maximum Gasteiger partial charge on any atom is 0.363 e. The molecule has 2 aromatic carbocycles. The Balaban J connectivity index is 1.94. The first kappa shape index (κ1) is 18.7. The summed E-state index contributed by atoms with van der Waals surface area (Å²) in [6.45, 7) is 6.45. The van der Waals surface area contributed by atoms with Gasteiger partial charge >= 0.3 is 5.97 Å². The predicted molar refractivity (Wildman–Crippen MR) is 105 cm³/mol. The largest absolute Gasteiger partial charge is 0.493 e. The van der Waals surface area contributed by atoms with Gasteiger partial charge < -0.3 is 14.2 Å². The summed E-state index contributed by atoms with van der Waals surface area (Å²) < 4.78 is 16.0. The van der Waals surface area contributed by atoms with Gasteiger partial charge in [0.25, 0.3) is 0 Å². The zero-order valence-corrected chi connectivity index (χ0v) is 16.2. The van der Waals surface area contributed by atoms with Gasteiger partial charge in [-0.1, -0.05) is 45.0 Å². The highest BCUT2D eigenvalue weighted by Crippen LogP contribution is 2.33. The third-order valence-electron chi connectivity index (χ3n) is 4.34. The highest BCUT2D eigenvalue weighted by atomic mass is 16.6. The Hall–Kier alpha value is -3.08. The number of rotatable bonds is 4.